The summed E-state index contributed by atoms with van der Waals surface area (Å²) < 4.78 is 16.9. The van der Waals surface area contributed by atoms with Crippen LogP contribution in [0.3, 0.4) is 0 Å². The molecule has 0 bridgehead atoms. The molecule has 3 N–H and O–H groups in total. The zero-order chi connectivity index (χ0) is 33.1. The van der Waals surface area contributed by atoms with Gasteiger partial charge in [-0.3, -0.25) is 20.1 Å². The van der Waals surface area contributed by atoms with Gasteiger partial charge >= 0.3 is 12.2 Å². The number of carbonyl (C=O) groups excluding carboxylic acids is 3. The number of aromatic nitrogens is 2. The van der Waals surface area contributed by atoms with Gasteiger partial charge < -0.3 is 29.4 Å². The fourth-order valence-corrected chi connectivity index (χ4v) is 5.30. The number of hydrogen-bond acceptors (Lipinski definition) is 9. The van der Waals surface area contributed by atoms with E-state index in [4.69, 9.17) is 13.9 Å². The summed E-state index contributed by atoms with van der Waals surface area (Å²) in [5, 5.41) is 8.60. The summed E-state index contributed by atoms with van der Waals surface area (Å²) >= 11 is 0. The summed E-state index contributed by atoms with van der Waals surface area (Å²) in [4.78, 5) is 50.2. The molecule has 1 fully saturated rings. The van der Waals surface area contributed by atoms with E-state index in [0.29, 0.717) is 29.9 Å². The number of amides is 3. The summed E-state index contributed by atoms with van der Waals surface area (Å²) in [6.07, 6.45) is 5.41. The van der Waals surface area contributed by atoms with Gasteiger partial charge in [0.25, 0.3) is 5.91 Å². The third kappa shape index (κ3) is 8.64. The van der Waals surface area contributed by atoms with Crippen molar-refractivity contribution in [1.29, 1.82) is 0 Å². The summed E-state index contributed by atoms with van der Waals surface area (Å²) in [6, 6.07) is 3.46. The van der Waals surface area contributed by atoms with Crippen molar-refractivity contribution in [3.63, 3.8) is 0 Å². The summed E-state index contributed by atoms with van der Waals surface area (Å²) in [7, 11) is 0. The first kappa shape index (κ1) is 33.5. The van der Waals surface area contributed by atoms with Crippen LogP contribution in [-0.2, 0) is 15.9 Å². The second kappa shape index (κ2) is 13.3. The number of anilines is 3. The standard InChI is InChI=1S/C33H46N6O6/c1-10-11-21-14-25-27(35-15-21)26(29(43-25)38-31(42)45-33(7,8)9)28(40)36-22-16-34-13-12-24(22)39-17-19(2)20(3)23(18-39)37-30(41)44-32(4,5)6/h12-16,19-20,23H,10-11,17-18H2,1-9H3,(H,36,40)(H,37,41)(H,38,42). The van der Waals surface area contributed by atoms with Crippen molar-refractivity contribution in [1.82, 2.24) is 15.3 Å². The predicted octanol–water partition coefficient (Wildman–Crippen LogP) is 6.76. The van der Waals surface area contributed by atoms with Gasteiger partial charge in [0.05, 0.1) is 23.6 Å². The Balaban J connectivity index is 1.63. The van der Waals surface area contributed by atoms with Crippen LogP contribution >= 0.6 is 0 Å². The Hall–Kier alpha value is -4.35. The quantitative estimate of drug-likeness (QED) is 0.260. The molecule has 4 rings (SSSR count). The molecule has 0 saturated carbocycles. The highest BCUT2D eigenvalue weighted by Crippen LogP contribution is 2.35. The van der Waals surface area contributed by atoms with Crippen LogP contribution in [0.1, 0.15) is 84.7 Å². The van der Waals surface area contributed by atoms with E-state index in [0.717, 1.165) is 24.1 Å². The first-order valence-corrected chi connectivity index (χ1v) is 15.5. The molecule has 12 heteroatoms. The molecule has 0 radical (unpaired) electrons. The van der Waals surface area contributed by atoms with Crippen molar-refractivity contribution in [2.45, 2.75) is 92.4 Å². The van der Waals surface area contributed by atoms with Crippen LogP contribution in [0.2, 0.25) is 0 Å². The number of nitrogens with one attached hydrogen (secondary N) is 3. The molecule has 0 aliphatic carbocycles. The zero-order valence-electron chi connectivity index (χ0n) is 27.7. The number of furan rings is 1. The molecule has 0 spiro atoms. The lowest BCUT2D eigenvalue weighted by Gasteiger charge is -2.43. The number of fused-ring (bicyclic) bond motifs is 1. The molecular formula is C33H46N6O6. The van der Waals surface area contributed by atoms with Gasteiger partial charge in [0.15, 0.2) is 5.58 Å². The Morgan fingerprint density at radius 2 is 1.69 bits per heavy atom. The Morgan fingerprint density at radius 3 is 2.36 bits per heavy atom. The second-order valence-corrected chi connectivity index (χ2v) is 13.7. The minimum absolute atomic E-state index is 0.0645. The van der Waals surface area contributed by atoms with E-state index >= 15 is 0 Å². The normalized spacial score (nSPS) is 18.8. The monoisotopic (exact) mass is 622 g/mol. The lowest BCUT2D eigenvalue weighted by molar-refractivity contribution is 0.0471. The van der Waals surface area contributed by atoms with Gasteiger partial charge in [-0.15, -0.1) is 0 Å². The number of nitrogens with zero attached hydrogens (tertiary/aromatic N) is 3. The molecule has 1 saturated heterocycles. The average molecular weight is 623 g/mol. The molecule has 0 aromatic carbocycles. The number of alkyl carbamates (subject to hydrolysis) is 1. The number of pyridine rings is 2. The topological polar surface area (TPSA) is 148 Å². The Morgan fingerprint density at radius 1 is 1.00 bits per heavy atom. The highest BCUT2D eigenvalue weighted by Gasteiger charge is 2.35. The van der Waals surface area contributed by atoms with Crippen molar-refractivity contribution >= 4 is 46.5 Å². The molecule has 3 unspecified atom stereocenters. The summed E-state index contributed by atoms with van der Waals surface area (Å²) in [6.45, 7) is 18.2. The summed E-state index contributed by atoms with van der Waals surface area (Å²) in [5.74, 6) is -0.187. The highest BCUT2D eigenvalue weighted by molar-refractivity contribution is 6.16. The number of carbonyl (C=O) groups is 3. The van der Waals surface area contributed by atoms with Crippen LogP contribution in [0.4, 0.5) is 26.8 Å². The van der Waals surface area contributed by atoms with E-state index in [-0.39, 0.29) is 29.3 Å². The molecular weight excluding hydrogens is 576 g/mol. The third-order valence-electron chi connectivity index (χ3n) is 7.51. The molecule has 1 aliphatic rings. The smallest absolute Gasteiger partial charge is 0.414 e. The Kier molecular flexibility index (Phi) is 9.94. The molecule has 4 heterocycles. The lowest BCUT2D eigenvalue weighted by atomic mass is 9.84. The van der Waals surface area contributed by atoms with Gasteiger partial charge in [-0.1, -0.05) is 27.2 Å². The van der Waals surface area contributed by atoms with E-state index in [1.165, 1.54) is 0 Å². The number of piperidine rings is 1. The zero-order valence-corrected chi connectivity index (χ0v) is 27.7. The van der Waals surface area contributed by atoms with Crippen molar-refractivity contribution in [3.8, 4) is 0 Å². The molecule has 45 heavy (non-hydrogen) atoms. The predicted molar refractivity (Wildman–Crippen MR) is 174 cm³/mol. The van der Waals surface area contributed by atoms with Crippen LogP contribution in [-0.4, -0.2) is 58.4 Å². The fourth-order valence-electron chi connectivity index (χ4n) is 5.30. The third-order valence-corrected chi connectivity index (χ3v) is 7.51. The van der Waals surface area contributed by atoms with Crippen LogP contribution in [0.25, 0.3) is 11.1 Å². The van der Waals surface area contributed by atoms with Gasteiger partial charge in [-0.25, -0.2) is 9.59 Å². The van der Waals surface area contributed by atoms with E-state index < -0.39 is 29.3 Å². The van der Waals surface area contributed by atoms with Gasteiger partial charge in [0.1, 0.15) is 22.3 Å². The second-order valence-electron chi connectivity index (χ2n) is 13.7. The number of ether oxygens (including phenoxy) is 2. The Bertz CT molecular complexity index is 1540. The number of aryl methyl sites for hydroxylation is 1. The molecule has 3 atom stereocenters. The Labute approximate surface area is 264 Å². The lowest BCUT2D eigenvalue weighted by Crippen LogP contribution is -2.55. The van der Waals surface area contributed by atoms with Crippen LogP contribution in [0.5, 0.6) is 0 Å². The maximum absolute atomic E-state index is 14.0. The van der Waals surface area contributed by atoms with Crippen molar-refractivity contribution in [2.75, 3.05) is 28.6 Å². The first-order chi connectivity index (χ1) is 21.0. The number of rotatable bonds is 7. The minimum atomic E-state index is -0.758. The molecule has 244 valence electrons. The maximum atomic E-state index is 14.0. The van der Waals surface area contributed by atoms with Crippen LogP contribution in [0, 0.1) is 11.8 Å². The van der Waals surface area contributed by atoms with Crippen LogP contribution < -0.4 is 20.9 Å². The van der Waals surface area contributed by atoms with E-state index in [1.54, 1.807) is 39.4 Å². The SMILES string of the molecule is CCCc1cnc2c(C(=O)Nc3cnccc3N3CC(C)C(C)C(NC(=O)OC(C)(C)C)C3)c(NC(=O)OC(C)(C)C)oc2c1. The van der Waals surface area contributed by atoms with Crippen molar-refractivity contribution in [3.05, 3.63) is 41.9 Å². The maximum Gasteiger partial charge on any atom is 0.414 e. The van der Waals surface area contributed by atoms with Crippen molar-refractivity contribution < 1.29 is 28.3 Å². The van der Waals surface area contributed by atoms with E-state index in [2.05, 4.69) is 51.6 Å². The van der Waals surface area contributed by atoms with E-state index in [1.807, 2.05) is 32.9 Å². The van der Waals surface area contributed by atoms with E-state index in [9.17, 15) is 14.4 Å². The van der Waals surface area contributed by atoms with Crippen molar-refractivity contribution in [2.24, 2.45) is 11.8 Å². The molecule has 3 aromatic rings. The molecule has 1 aliphatic heterocycles. The molecule has 3 amide bonds. The molecule has 3 aromatic heterocycles. The van der Waals surface area contributed by atoms with Gasteiger partial charge in [0.2, 0.25) is 5.88 Å². The fraction of sp³-hybridized carbons (Fsp3) is 0.545. The van der Waals surface area contributed by atoms with Gasteiger partial charge in [-0.05, 0) is 77.5 Å². The summed E-state index contributed by atoms with van der Waals surface area (Å²) in [5.41, 5.74) is 1.53. The van der Waals surface area contributed by atoms with Gasteiger partial charge in [0, 0.05) is 25.5 Å². The minimum Gasteiger partial charge on any atom is -0.444 e. The van der Waals surface area contributed by atoms with Gasteiger partial charge in [-0.2, -0.15) is 0 Å². The highest BCUT2D eigenvalue weighted by atomic mass is 16.6. The first-order valence-electron chi connectivity index (χ1n) is 15.5. The molecule has 12 nitrogen and oxygen atoms in total. The van der Waals surface area contributed by atoms with Crippen LogP contribution in [0.15, 0.2) is 35.1 Å². The largest absolute Gasteiger partial charge is 0.444 e. The average Bonchev–Trinajstić information content (AvgIpc) is 3.26. The number of hydrogen-bond donors (Lipinski definition) is 3.